The molecule has 112 valence electrons. The summed E-state index contributed by atoms with van der Waals surface area (Å²) in [5.74, 6) is -0.770. The van der Waals surface area contributed by atoms with Crippen LogP contribution in [0.4, 0.5) is 0 Å². The van der Waals surface area contributed by atoms with Crippen LogP contribution in [0.2, 0.25) is 0 Å². The van der Waals surface area contributed by atoms with Crippen LogP contribution in [0, 0.1) is 6.92 Å². The third-order valence-corrected chi connectivity index (χ3v) is 4.06. The van der Waals surface area contributed by atoms with Gasteiger partial charge >= 0.3 is 5.97 Å². The third-order valence-electron chi connectivity index (χ3n) is 2.51. The molecular formula is C13H17ClO5S. The summed E-state index contributed by atoms with van der Waals surface area (Å²) in [6.07, 6.45) is -0.178. The van der Waals surface area contributed by atoms with Crippen LogP contribution >= 0.6 is 11.6 Å². The molecule has 0 bridgehead atoms. The van der Waals surface area contributed by atoms with Crippen LogP contribution < -0.4 is 0 Å². The number of hydrogen-bond acceptors (Lipinski definition) is 5. The van der Waals surface area contributed by atoms with E-state index in [1.54, 1.807) is 19.1 Å². The standard InChI is InChI=1S/C13H17ClO5S/c1-10-3-5-12(6-4-10)20(16,17)18-8-7-11(2)19-13(15)9-14/h3-6,11H,7-9H2,1-2H3. The molecular weight excluding hydrogens is 304 g/mol. The van der Waals surface area contributed by atoms with E-state index in [1.807, 2.05) is 6.92 Å². The van der Waals surface area contributed by atoms with Crippen molar-refractivity contribution in [2.24, 2.45) is 0 Å². The topological polar surface area (TPSA) is 69.7 Å². The Morgan fingerprint density at radius 2 is 1.90 bits per heavy atom. The lowest BCUT2D eigenvalue weighted by atomic mass is 10.2. The number of carbonyl (C=O) groups is 1. The SMILES string of the molecule is Cc1ccc(S(=O)(=O)OCCC(C)OC(=O)CCl)cc1. The third kappa shape index (κ3) is 5.48. The highest BCUT2D eigenvalue weighted by Gasteiger charge is 2.16. The van der Waals surface area contributed by atoms with E-state index >= 15 is 0 Å². The first-order valence-corrected chi connectivity index (χ1v) is 8.01. The number of rotatable bonds is 7. The van der Waals surface area contributed by atoms with Crippen molar-refractivity contribution >= 4 is 27.7 Å². The van der Waals surface area contributed by atoms with Gasteiger partial charge < -0.3 is 4.74 Å². The molecule has 0 aliphatic carbocycles. The van der Waals surface area contributed by atoms with E-state index in [0.29, 0.717) is 0 Å². The molecule has 1 unspecified atom stereocenters. The summed E-state index contributed by atoms with van der Waals surface area (Å²) in [6, 6.07) is 6.37. The van der Waals surface area contributed by atoms with Gasteiger partial charge in [0.2, 0.25) is 0 Å². The van der Waals surface area contributed by atoms with E-state index in [2.05, 4.69) is 0 Å². The molecule has 1 aromatic carbocycles. The van der Waals surface area contributed by atoms with Gasteiger partial charge in [0.1, 0.15) is 12.0 Å². The van der Waals surface area contributed by atoms with E-state index in [4.69, 9.17) is 20.5 Å². The van der Waals surface area contributed by atoms with E-state index in [1.165, 1.54) is 12.1 Å². The fraction of sp³-hybridized carbons (Fsp3) is 0.462. The van der Waals surface area contributed by atoms with Gasteiger partial charge in [-0.25, -0.2) is 0 Å². The lowest BCUT2D eigenvalue weighted by Gasteiger charge is -2.12. The van der Waals surface area contributed by atoms with Crippen LogP contribution in [-0.2, 0) is 23.8 Å². The van der Waals surface area contributed by atoms with Crippen molar-refractivity contribution in [2.45, 2.75) is 31.3 Å². The highest BCUT2D eigenvalue weighted by molar-refractivity contribution is 7.86. The highest BCUT2D eigenvalue weighted by Crippen LogP contribution is 2.14. The molecule has 0 saturated heterocycles. The predicted molar refractivity (Wildman–Crippen MR) is 75.2 cm³/mol. The molecule has 0 heterocycles. The lowest BCUT2D eigenvalue weighted by Crippen LogP contribution is -2.18. The predicted octanol–water partition coefficient (Wildman–Crippen LogP) is 2.26. The van der Waals surface area contributed by atoms with Crippen LogP contribution in [0.3, 0.4) is 0 Å². The second kappa shape index (κ2) is 7.61. The van der Waals surface area contributed by atoms with Crippen molar-refractivity contribution in [3.63, 3.8) is 0 Å². The van der Waals surface area contributed by atoms with Crippen molar-refractivity contribution in [1.82, 2.24) is 0 Å². The van der Waals surface area contributed by atoms with E-state index in [-0.39, 0.29) is 23.8 Å². The molecule has 0 fully saturated rings. The molecule has 5 nitrogen and oxygen atoms in total. The van der Waals surface area contributed by atoms with Crippen molar-refractivity contribution < 1.29 is 22.1 Å². The normalized spacial score (nSPS) is 12.9. The summed E-state index contributed by atoms with van der Waals surface area (Å²) in [5.41, 5.74) is 0.963. The van der Waals surface area contributed by atoms with Gasteiger partial charge in [-0.1, -0.05) is 17.7 Å². The van der Waals surface area contributed by atoms with Crippen LogP contribution in [0.25, 0.3) is 0 Å². The summed E-state index contributed by atoms with van der Waals surface area (Å²) in [4.78, 5) is 11.0. The number of aryl methyl sites for hydroxylation is 1. The molecule has 1 rings (SSSR count). The molecule has 0 spiro atoms. The molecule has 0 radical (unpaired) electrons. The molecule has 0 aliphatic rings. The Morgan fingerprint density at radius 1 is 1.30 bits per heavy atom. The van der Waals surface area contributed by atoms with Gasteiger partial charge in [0, 0.05) is 6.42 Å². The minimum absolute atomic E-state index is 0.0626. The van der Waals surface area contributed by atoms with Crippen LogP contribution in [0.15, 0.2) is 29.2 Å². The van der Waals surface area contributed by atoms with Gasteiger partial charge in [0.15, 0.2) is 0 Å². The summed E-state index contributed by atoms with van der Waals surface area (Å²) in [6.45, 7) is 3.45. The maximum Gasteiger partial charge on any atom is 0.321 e. The smallest absolute Gasteiger partial charge is 0.321 e. The molecule has 0 aromatic heterocycles. The van der Waals surface area contributed by atoms with Gasteiger partial charge in [-0.15, -0.1) is 11.6 Å². The first-order chi connectivity index (χ1) is 9.35. The number of esters is 1. The Labute approximate surface area is 124 Å². The second-order valence-corrected chi connectivity index (χ2v) is 6.19. The fourth-order valence-electron chi connectivity index (χ4n) is 1.41. The Hall–Kier alpha value is -1.11. The average Bonchev–Trinajstić information content (AvgIpc) is 2.38. The maximum absolute atomic E-state index is 11.9. The van der Waals surface area contributed by atoms with Crippen molar-refractivity contribution in [3.05, 3.63) is 29.8 Å². The summed E-state index contributed by atoms with van der Waals surface area (Å²) < 4.78 is 33.5. The van der Waals surface area contributed by atoms with Gasteiger partial charge in [-0.2, -0.15) is 8.42 Å². The molecule has 1 atom stereocenters. The minimum atomic E-state index is -3.77. The van der Waals surface area contributed by atoms with E-state index in [9.17, 15) is 13.2 Å². The molecule has 7 heteroatoms. The number of hydrogen-bond donors (Lipinski definition) is 0. The molecule has 1 aromatic rings. The van der Waals surface area contributed by atoms with Crippen molar-refractivity contribution in [2.75, 3.05) is 12.5 Å². The first-order valence-electron chi connectivity index (χ1n) is 6.06. The van der Waals surface area contributed by atoms with Gasteiger partial charge in [-0.05, 0) is 26.0 Å². The molecule has 0 amide bonds. The lowest BCUT2D eigenvalue weighted by molar-refractivity contribution is -0.145. The molecule has 0 aliphatic heterocycles. The monoisotopic (exact) mass is 320 g/mol. The quantitative estimate of drug-likeness (QED) is 0.438. The maximum atomic E-state index is 11.9. The van der Waals surface area contributed by atoms with Crippen molar-refractivity contribution in [1.29, 1.82) is 0 Å². The summed E-state index contributed by atoms with van der Waals surface area (Å²) in [5, 5.41) is 0. The summed E-state index contributed by atoms with van der Waals surface area (Å²) in [7, 11) is -3.77. The Balaban J connectivity index is 2.48. The van der Waals surface area contributed by atoms with Gasteiger partial charge in [0.05, 0.1) is 11.5 Å². The van der Waals surface area contributed by atoms with Crippen molar-refractivity contribution in [3.8, 4) is 0 Å². The highest BCUT2D eigenvalue weighted by atomic mass is 35.5. The van der Waals surface area contributed by atoms with Crippen LogP contribution in [0.1, 0.15) is 18.9 Å². The summed E-state index contributed by atoms with van der Waals surface area (Å²) >= 11 is 5.29. The molecule has 20 heavy (non-hydrogen) atoms. The largest absolute Gasteiger partial charge is 0.462 e. The average molecular weight is 321 g/mol. The zero-order valence-corrected chi connectivity index (χ0v) is 12.9. The Bertz CT molecular complexity index is 538. The number of alkyl halides is 1. The van der Waals surface area contributed by atoms with E-state index < -0.39 is 22.2 Å². The second-order valence-electron chi connectivity index (χ2n) is 4.31. The fourth-order valence-corrected chi connectivity index (χ4v) is 2.40. The minimum Gasteiger partial charge on any atom is -0.462 e. The molecule has 0 N–H and O–H groups in total. The number of halogens is 1. The first kappa shape index (κ1) is 16.9. The molecule has 0 saturated carbocycles. The number of benzene rings is 1. The Kier molecular flexibility index (Phi) is 6.45. The van der Waals surface area contributed by atoms with Gasteiger partial charge in [0.25, 0.3) is 10.1 Å². The zero-order valence-electron chi connectivity index (χ0n) is 11.3. The number of carbonyl (C=O) groups excluding carboxylic acids is 1. The Morgan fingerprint density at radius 3 is 2.45 bits per heavy atom. The zero-order chi connectivity index (χ0) is 15.2. The number of ether oxygens (including phenoxy) is 1. The van der Waals surface area contributed by atoms with E-state index in [0.717, 1.165) is 5.56 Å². The van der Waals surface area contributed by atoms with Crippen LogP contribution in [-0.4, -0.2) is 33.0 Å². The van der Waals surface area contributed by atoms with Gasteiger partial charge in [-0.3, -0.25) is 8.98 Å². The van der Waals surface area contributed by atoms with Crippen LogP contribution in [0.5, 0.6) is 0 Å².